The van der Waals surface area contributed by atoms with Crippen LogP contribution in [-0.2, 0) is 19.6 Å². The Labute approximate surface area is 160 Å². The molecule has 0 fully saturated rings. The van der Waals surface area contributed by atoms with Gasteiger partial charge in [0.05, 0.1) is 12.8 Å². The van der Waals surface area contributed by atoms with Crippen LogP contribution >= 0.6 is 0 Å². The highest BCUT2D eigenvalue weighted by Gasteiger charge is 2.07. The molecule has 0 radical (unpaired) electrons. The Bertz CT molecular complexity index is 852. The van der Waals surface area contributed by atoms with Crippen LogP contribution in [0.25, 0.3) is 0 Å². The van der Waals surface area contributed by atoms with Gasteiger partial charge in [-0.25, -0.2) is 0 Å². The van der Waals surface area contributed by atoms with Crippen molar-refractivity contribution in [1.82, 2.24) is 10.6 Å². The Kier molecular flexibility index (Phi) is 6.44. The zero-order chi connectivity index (χ0) is 19.1. The van der Waals surface area contributed by atoms with Gasteiger partial charge in [0, 0.05) is 18.7 Å². The van der Waals surface area contributed by atoms with Crippen molar-refractivity contribution in [3.63, 3.8) is 0 Å². The molecule has 0 spiro atoms. The van der Waals surface area contributed by atoms with E-state index >= 15 is 0 Å². The van der Waals surface area contributed by atoms with Gasteiger partial charge in [-0.3, -0.25) is 4.79 Å². The highest BCUT2D eigenvalue weighted by atomic mass is 16.3. The lowest BCUT2D eigenvalue weighted by Gasteiger charge is -2.09. The molecule has 0 aliphatic rings. The van der Waals surface area contributed by atoms with E-state index in [0.29, 0.717) is 24.6 Å². The maximum Gasteiger partial charge on any atom is 0.251 e. The second-order valence-corrected chi connectivity index (χ2v) is 6.96. The van der Waals surface area contributed by atoms with Gasteiger partial charge in [-0.1, -0.05) is 50.2 Å². The van der Waals surface area contributed by atoms with Gasteiger partial charge in [0.1, 0.15) is 5.76 Å². The first-order valence-electron chi connectivity index (χ1n) is 9.31. The molecule has 140 valence electrons. The molecule has 0 unspecified atom stereocenters. The first-order valence-corrected chi connectivity index (χ1v) is 9.31. The van der Waals surface area contributed by atoms with Crippen LogP contribution in [0.5, 0.6) is 0 Å². The Balaban J connectivity index is 1.50. The number of amides is 1. The van der Waals surface area contributed by atoms with Crippen molar-refractivity contribution in [3.8, 4) is 0 Å². The highest BCUT2D eigenvalue weighted by molar-refractivity contribution is 5.94. The van der Waals surface area contributed by atoms with Crippen LogP contribution in [0.2, 0.25) is 0 Å². The lowest BCUT2D eigenvalue weighted by atomic mass is 10.0. The fraction of sp³-hybridized carbons (Fsp3) is 0.261. The molecule has 1 amide bonds. The maximum atomic E-state index is 12.3. The molecule has 27 heavy (non-hydrogen) atoms. The summed E-state index contributed by atoms with van der Waals surface area (Å²) in [7, 11) is 0. The molecule has 1 heterocycles. The maximum absolute atomic E-state index is 12.3. The highest BCUT2D eigenvalue weighted by Crippen LogP contribution is 2.14. The third kappa shape index (κ3) is 5.56. The molecule has 1 aromatic heterocycles. The first-order chi connectivity index (χ1) is 13.1. The van der Waals surface area contributed by atoms with E-state index in [1.54, 1.807) is 6.26 Å². The second kappa shape index (κ2) is 9.19. The van der Waals surface area contributed by atoms with Crippen molar-refractivity contribution in [2.75, 3.05) is 0 Å². The Morgan fingerprint density at radius 3 is 2.41 bits per heavy atom. The van der Waals surface area contributed by atoms with E-state index < -0.39 is 0 Å². The van der Waals surface area contributed by atoms with Gasteiger partial charge in [0.2, 0.25) is 0 Å². The van der Waals surface area contributed by atoms with Crippen LogP contribution in [-0.4, -0.2) is 5.91 Å². The van der Waals surface area contributed by atoms with Gasteiger partial charge in [-0.05, 0) is 46.9 Å². The number of hydrogen-bond donors (Lipinski definition) is 2. The van der Waals surface area contributed by atoms with E-state index in [0.717, 1.165) is 17.9 Å². The van der Waals surface area contributed by atoms with Gasteiger partial charge in [0.15, 0.2) is 0 Å². The number of rotatable bonds is 8. The number of carbonyl (C=O) groups excluding carboxylic acids is 1. The molecule has 4 nitrogen and oxygen atoms in total. The third-order valence-electron chi connectivity index (χ3n) is 4.50. The monoisotopic (exact) mass is 362 g/mol. The summed E-state index contributed by atoms with van der Waals surface area (Å²) in [5, 5.41) is 6.31. The summed E-state index contributed by atoms with van der Waals surface area (Å²) < 4.78 is 5.23. The van der Waals surface area contributed by atoms with Crippen LogP contribution in [0.1, 0.15) is 52.6 Å². The van der Waals surface area contributed by atoms with Crippen molar-refractivity contribution in [3.05, 3.63) is 94.9 Å². The van der Waals surface area contributed by atoms with E-state index in [2.05, 4.69) is 48.7 Å². The summed E-state index contributed by atoms with van der Waals surface area (Å²) in [6.07, 6.45) is 1.60. The fourth-order valence-corrected chi connectivity index (χ4v) is 2.88. The predicted molar refractivity (Wildman–Crippen MR) is 107 cm³/mol. The molecule has 0 saturated heterocycles. The smallest absolute Gasteiger partial charge is 0.251 e. The van der Waals surface area contributed by atoms with Crippen LogP contribution < -0.4 is 10.6 Å². The Morgan fingerprint density at radius 1 is 0.926 bits per heavy atom. The average Bonchev–Trinajstić information content (AvgIpc) is 3.20. The fourth-order valence-electron chi connectivity index (χ4n) is 2.88. The number of furan rings is 1. The van der Waals surface area contributed by atoms with Gasteiger partial charge >= 0.3 is 0 Å². The third-order valence-corrected chi connectivity index (χ3v) is 4.50. The standard InChI is InChI=1S/C23H26N2O2/c1-17(2)20-10-8-18(9-11-20)14-24-15-19-5-3-6-21(13-19)23(26)25-16-22-7-4-12-27-22/h3-13,17,24H,14-16H2,1-2H3,(H,25,26). The quantitative estimate of drug-likeness (QED) is 0.615. The Hall–Kier alpha value is -2.85. The predicted octanol–water partition coefficient (Wildman–Crippen LogP) is 4.62. The van der Waals surface area contributed by atoms with Gasteiger partial charge in [-0.2, -0.15) is 0 Å². The molecule has 3 aromatic rings. The van der Waals surface area contributed by atoms with Crippen LogP contribution in [0.3, 0.4) is 0 Å². The molecule has 0 aliphatic heterocycles. The molecule has 4 heteroatoms. The van der Waals surface area contributed by atoms with E-state index in [-0.39, 0.29) is 5.91 Å². The average molecular weight is 362 g/mol. The number of hydrogen-bond acceptors (Lipinski definition) is 3. The van der Waals surface area contributed by atoms with Gasteiger partial charge in [0.25, 0.3) is 5.91 Å². The second-order valence-electron chi connectivity index (χ2n) is 6.96. The molecular weight excluding hydrogens is 336 g/mol. The minimum Gasteiger partial charge on any atom is -0.467 e. The number of carbonyl (C=O) groups is 1. The molecule has 3 rings (SSSR count). The largest absolute Gasteiger partial charge is 0.467 e. The summed E-state index contributed by atoms with van der Waals surface area (Å²) >= 11 is 0. The van der Waals surface area contributed by atoms with Gasteiger partial charge < -0.3 is 15.1 Å². The van der Waals surface area contributed by atoms with Crippen LogP contribution in [0, 0.1) is 0 Å². The number of nitrogens with one attached hydrogen (secondary N) is 2. The summed E-state index contributed by atoms with van der Waals surface area (Å²) in [5.41, 5.74) is 4.35. The van der Waals surface area contributed by atoms with Crippen molar-refractivity contribution in [1.29, 1.82) is 0 Å². The minimum atomic E-state index is -0.0995. The van der Waals surface area contributed by atoms with Crippen molar-refractivity contribution in [2.24, 2.45) is 0 Å². The lowest BCUT2D eigenvalue weighted by Crippen LogP contribution is -2.22. The van der Waals surface area contributed by atoms with E-state index in [1.807, 2.05) is 36.4 Å². The van der Waals surface area contributed by atoms with Gasteiger partial charge in [-0.15, -0.1) is 0 Å². The van der Waals surface area contributed by atoms with E-state index in [1.165, 1.54) is 11.1 Å². The molecule has 2 aromatic carbocycles. The van der Waals surface area contributed by atoms with Crippen molar-refractivity contribution in [2.45, 2.75) is 39.4 Å². The summed E-state index contributed by atoms with van der Waals surface area (Å²) in [6.45, 7) is 6.30. The molecule has 0 bridgehead atoms. The normalized spacial score (nSPS) is 10.9. The SMILES string of the molecule is CC(C)c1ccc(CNCc2cccc(C(=O)NCc3ccco3)c2)cc1. The summed E-state index contributed by atoms with van der Waals surface area (Å²) in [6, 6.07) is 20.0. The zero-order valence-electron chi connectivity index (χ0n) is 15.9. The Morgan fingerprint density at radius 2 is 1.70 bits per heavy atom. The van der Waals surface area contributed by atoms with E-state index in [4.69, 9.17) is 4.42 Å². The first kappa shape index (κ1) is 18.9. The van der Waals surface area contributed by atoms with Crippen LogP contribution in [0.4, 0.5) is 0 Å². The zero-order valence-corrected chi connectivity index (χ0v) is 15.9. The topological polar surface area (TPSA) is 54.3 Å². The number of benzene rings is 2. The summed E-state index contributed by atoms with van der Waals surface area (Å²) in [5.74, 6) is 1.19. The lowest BCUT2D eigenvalue weighted by molar-refractivity contribution is 0.0948. The van der Waals surface area contributed by atoms with Crippen molar-refractivity contribution >= 4 is 5.91 Å². The molecular formula is C23H26N2O2. The minimum absolute atomic E-state index is 0.0995. The van der Waals surface area contributed by atoms with E-state index in [9.17, 15) is 4.79 Å². The summed E-state index contributed by atoms with van der Waals surface area (Å²) in [4.78, 5) is 12.3. The molecule has 0 saturated carbocycles. The van der Waals surface area contributed by atoms with Crippen molar-refractivity contribution < 1.29 is 9.21 Å². The molecule has 0 atom stereocenters. The molecule has 0 aliphatic carbocycles. The van der Waals surface area contributed by atoms with Crippen LogP contribution in [0.15, 0.2) is 71.3 Å². The molecule has 2 N–H and O–H groups in total.